The molecule has 0 saturated heterocycles. The molecule has 0 fully saturated rings. The van der Waals surface area contributed by atoms with Crippen molar-refractivity contribution < 1.29 is 8.78 Å². The summed E-state index contributed by atoms with van der Waals surface area (Å²) in [7, 11) is 0. The lowest BCUT2D eigenvalue weighted by molar-refractivity contribution is 0.613. The number of rotatable bonds is 6. The maximum atomic E-state index is 13.7. The van der Waals surface area contributed by atoms with Gasteiger partial charge in [-0.1, -0.05) is 24.3 Å². The second kappa shape index (κ2) is 7.53. The summed E-state index contributed by atoms with van der Waals surface area (Å²) in [6.45, 7) is 0.275. The molecule has 4 nitrogen and oxygen atoms in total. The minimum atomic E-state index is -0.348. The fraction of sp³-hybridized carbons (Fsp3) is 0.0526. The van der Waals surface area contributed by atoms with Gasteiger partial charge in [0.05, 0.1) is 0 Å². The Labute approximate surface area is 144 Å². The molecule has 0 unspecified atom stereocenters. The van der Waals surface area contributed by atoms with Crippen LogP contribution in [-0.4, -0.2) is 11.2 Å². The van der Waals surface area contributed by atoms with E-state index in [4.69, 9.17) is 5.41 Å². The second-order valence-electron chi connectivity index (χ2n) is 5.38. The molecule has 0 bridgehead atoms. The van der Waals surface area contributed by atoms with Crippen molar-refractivity contribution >= 4 is 23.4 Å². The van der Waals surface area contributed by atoms with E-state index in [0.717, 1.165) is 0 Å². The molecule has 0 atom stereocenters. The lowest BCUT2D eigenvalue weighted by Gasteiger charge is -2.12. The van der Waals surface area contributed by atoms with Gasteiger partial charge in [0.2, 0.25) is 0 Å². The van der Waals surface area contributed by atoms with Crippen molar-refractivity contribution in [3.05, 3.63) is 83.6 Å². The van der Waals surface area contributed by atoms with Crippen LogP contribution in [0.1, 0.15) is 11.1 Å². The normalized spacial score (nSPS) is 10.3. The summed E-state index contributed by atoms with van der Waals surface area (Å²) in [5.74, 6) is -0.148. The van der Waals surface area contributed by atoms with Crippen LogP contribution in [0.25, 0.3) is 0 Å². The van der Waals surface area contributed by atoms with Gasteiger partial charge >= 0.3 is 0 Å². The largest absolute Gasteiger partial charge is 0.380 e. The van der Waals surface area contributed by atoms with Crippen LogP contribution < -0.4 is 10.6 Å². The van der Waals surface area contributed by atoms with Crippen molar-refractivity contribution in [1.82, 2.24) is 4.98 Å². The molecule has 25 heavy (non-hydrogen) atoms. The van der Waals surface area contributed by atoms with Crippen LogP contribution in [0.4, 0.5) is 26.0 Å². The zero-order valence-electron chi connectivity index (χ0n) is 13.3. The van der Waals surface area contributed by atoms with Gasteiger partial charge in [-0.3, -0.25) is 0 Å². The highest BCUT2D eigenvalue weighted by Gasteiger charge is 2.06. The topological polar surface area (TPSA) is 60.8 Å². The Hall–Kier alpha value is -3.28. The number of aromatic nitrogens is 1. The van der Waals surface area contributed by atoms with E-state index in [1.807, 2.05) is 0 Å². The number of pyridine rings is 1. The molecule has 2 aromatic carbocycles. The molecule has 126 valence electrons. The van der Waals surface area contributed by atoms with Gasteiger partial charge in [0, 0.05) is 47.5 Å². The second-order valence-corrected chi connectivity index (χ2v) is 5.38. The lowest BCUT2D eigenvalue weighted by atomic mass is 10.2. The first-order valence-corrected chi connectivity index (χ1v) is 7.66. The minimum Gasteiger partial charge on any atom is -0.380 e. The van der Waals surface area contributed by atoms with E-state index in [2.05, 4.69) is 15.6 Å². The molecular weight excluding hydrogens is 322 g/mol. The molecule has 6 heteroatoms. The summed E-state index contributed by atoms with van der Waals surface area (Å²) >= 11 is 0. The van der Waals surface area contributed by atoms with Crippen LogP contribution in [0.15, 0.2) is 60.8 Å². The maximum absolute atomic E-state index is 13.7. The number of nitrogens with zero attached hydrogens (tertiary/aromatic N) is 1. The standard InChI is InChI=1S/C19H16F2N4/c20-15-5-3-6-16(8-15)25-19-9-18(14(10-22)12-24-19)23-11-13-4-1-2-7-17(13)21/h1-10,12,22H,11H2,(H2,23,24,25). The Kier molecular flexibility index (Phi) is 4.99. The van der Waals surface area contributed by atoms with Crippen LogP contribution >= 0.6 is 0 Å². The third-order valence-electron chi connectivity index (χ3n) is 3.61. The molecule has 3 rings (SSSR count). The van der Waals surface area contributed by atoms with Gasteiger partial charge in [0.25, 0.3) is 0 Å². The average Bonchev–Trinajstić information content (AvgIpc) is 2.61. The summed E-state index contributed by atoms with van der Waals surface area (Å²) in [6, 6.07) is 14.2. The highest BCUT2D eigenvalue weighted by Crippen LogP contribution is 2.22. The molecular formula is C19H16F2N4. The van der Waals surface area contributed by atoms with E-state index in [1.54, 1.807) is 36.4 Å². The predicted octanol–water partition coefficient (Wildman–Crippen LogP) is 4.71. The number of nitrogens with one attached hydrogen (secondary N) is 3. The van der Waals surface area contributed by atoms with Crippen molar-refractivity contribution in [3.63, 3.8) is 0 Å². The summed E-state index contributed by atoms with van der Waals surface area (Å²) in [5.41, 5.74) is 2.29. The first-order chi connectivity index (χ1) is 12.2. The van der Waals surface area contributed by atoms with E-state index in [1.165, 1.54) is 30.6 Å². The van der Waals surface area contributed by atoms with E-state index in [9.17, 15) is 8.78 Å². The Balaban J connectivity index is 1.80. The van der Waals surface area contributed by atoms with Crippen molar-refractivity contribution in [2.75, 3.05) is 10.6 Å². The monoisotopic (exact) mass is 338 g/mol. The van der Waals surface area contributed by atoms with E-state index in [-0.39, 0.29) is 18.2 Å². The molecule has 0 saturated carbocycles. The average molecular weight is 338 g/mol. The Bertz CT molecular complexity index is 896. The smallest absolute Gasteiger partial charge is 0.132 e. The molecule has 0 aliphatic heterocycles. The van der Waals surface area contributed by atoms with Crippen LogP contribution in [0, 0.1) is 17.0 Å². The maximum Gasteiger partial charge on any atom is 0.132 e. The molecule has 0 aliphatic carbocycles. The van der Waals surface area contributed by atoms with Crippen LogP contribution in [0.2, 0.25) is 0 Å². The zero-order chi connectivity index (χ0) is 17.6. The van der Waals surface area contributed by atoms with Crippen LogP contribution in [0.5, 0.6) is 0 Å². The fourth-order valence-corrected chi connectivity index (χ4v) is 2.35. The zero-order valence-corrected chi connectivity index (χ0v) is 13.3. The van der Waals surface area contributed by atoms with Gasteiger partial charge in [-0.15, -0.1) is 0 Å². The molecule has 0 aliphatic rings. The molecule has 0 radical (unpaired) electrons. The van der Waals surface area contributed by atoms with Gasteiger partial charge in [-0.2, -0.15) is 0 Å². The third-order valence-corrected chi connectivity index (χ3v) is 3.61. The third kappa shape index (κ3) is 4.17. The summed E-state index contributed by atoms with van der Waals surface area (Å²) in [5, 5.41) is 13.6. The Morgan fingerprint density at radius 1 is 1.04 bits per heavy atom. The lowest BCUT2D eigenvalue weighted by Crippen LogP contribution is -2.05. The molecule has 1 aromatic heterocycles. The van der Waals surface area contributed by atoms with Gasteiger partial charge in [-0.05, 0) is 24.3 Å². The van der Waals surface area contributed by atoms with Gasteiger partial charge < -0.3 is 16.0 Å². The summed E-state index contributed by atoms with van der Waals surface area (Å²) in [6.07, 6.45) is 2.70. The number of anilines is 3. The fourth-order valence-electron chi connectivity index (χ4n) is 2.35. The molecule has 3 N–H and O–H groups in total. The SMILES string of the molecule is N=Cc1cnc(Nc2cccc(F)c2)cc1NCc1ccccc1F. The molecule has 0 spiro atoms. The Morgan fingerprint density at radius 2 is 1.88 bits per heavy atom. The van der Waals surface area contributed by atoms with E-state index in [0.29, 0.717) is 28.3 Å². The van der Waals surface area contributed by atoms with Gasteiger partial charge in [-0.25, -0.2) is 13.8 Å². The van der Waals surface area contributed by atoms with Crippen molar-refractivity contribution in [2.24, 2.45) is 0 Å². The highest BCUT2D eigenvalue weighted by atomic mass is 19.1. The molecule has 3 aromatic rings. The van der Waals surface area contributed by atoms with Crippen molar-refractivity contribution in [2.45, 2.75) is 6.54 Å². The highest BCUT2D eigenvalue weighted by molar-refractivity contribution is 5.86. The first kappa shape index (κ1) is 16.6. The molecule has 0 amide bonds. The predicted molar refractivity (Wildman–Crippen MR) is 95.5 cm³/mol. The first-order valence-electron chi connectivity index (χ1n) is 7.66. The summed E-state index contributed by atoms with van der Waals surface area (Å²) in [4.78, 5) is 4.21. The number of hydrogen-bond donors (Lipinski definition) is 3. The van der Waals surface area contributed by atoms with Crippen molar-refractivity contribution in [1.29, 1.82) is 5.41 Å². The van der Waals surface area contributed by atoms with Gasteiger partial charge in [0.15, 0.2) is 0 Å². The number of benzene rings is 2. The number of halogens is 2. The quantitative estimate of drug-likeness (QED) is 0.570. The van der Waals surface area contributed by atoms with Crippen LogP contribution in [-0.2, 0) is 6.54 Å². The Morgan fingerprint density at radius 3 is 2.64 bits per heavy atom. The van der Waals surface area contributed by atoms with Crippen molar-refractivity contribution in [3.8, 4) is 0 Å². The van der Waals surface area contributed by atoms with Gasteiger partial charge in [0.1, 0.15) is 17.5 Å². The minimum absolute atomic E-state index is 0.275. The van der Waals surface area contributed by atoms with E-state index < -0.39 is 0 Å². The number of hydrogen-bond acceptors (Lipinski definition) is 4. The summed E-state index contributed by atoms with van der Waals surface area (Å²) < 4.78 is 27.0. The van der Waals surface area contributed by atoms with E-state index >= 15 is 0 Å². The van der Waals surface area contributed by atoms with Crippen LogP contribution in [0.3, 0.4) is 0 Å². The molecule has 1 heterocycles.